The first-order chi connectivity index (χ1) is 14.3. The maximum Gasteiger partial charge on any atom is 0.416 e. The maximum atomic E-state index is 12.7. The van der Waals surface area contributed by atoms with Crippen molar-refractivity contribution in [1.29, 1.82) is 0 Å². The highest BCUT2D eigenvalue weighted by Gasteiger charge is 2.30. The largest absolute Gasteiger partial charge is 0.487 e. The average molecular weight is 436 g/mol. The lowest BCUT2D eigenvalue weighted by Crippen LogP contribution is -2.27. The Morgan fingerprint density at radius 2 is 1.80 bits per heavy atom. The van der Waals surface area contributed by atoms with E-state index in [-0.39, 0.29) is 32.1 Å². The lowest BCUT2D eigenvalue weighted by atomic mass is 10.1. The molecule has 2 aromatic carbocycles. The van der Waals surface area contributed by atoms with Gasteiger partial charge in [-0.15, -0.1) is 11.3 Å². The van der Waals surface area contributed by atoms with E-state index in [1.165, 1.54) is 23.5 Å². The molecule has 0 aliphatic carbocycles. The normalized spacial score (nSPS) is 11.3. The smallest absolute Gasteiger partial charge is 0.416 e. The topological polar surface area (TPSA) is 71.5 Å². The molecule has 0 saturated heterocycles. The SMILES string of the molecule is O=C(Cc1ccc(OCc2csc(-c3ccc(C(F)(F)F)cc3)n2)cc1)NCCO. The number of carbonyl (C=O) groups is 1. The van der Waals surface area contributed by atoms with Gasteiger partial charge in [0.2, 0.25) is 5.91 Å². The van der Waals surface area contributed by atoms with Crippen LogP contribution in [0.15, 0.2) is 53.9 Å². The molecule has 1 aromatic heterocycles. The van der Waals surface area contributed by atoms with Gasteiger partial charge < -0.3 is 15.2 Å². The predicted octanol–water partition coefficient (Wildman–Crippen LogP) is 4.06. The van der Waals surface area contributed by atoms with Crippen LogP contribution in [0, 0.1) is 0 Å². The molecule has 3 rings (SSSR count). The molecule has 5 nitrogen and oxygen atoms in total. The first-order valence-corrected chi connectivity index (χ1v) is 9.94. The van der Waals surface area contributed by atoms with Crippen LogP contribution < -0.4 is 10.1 Å². The molecule has 3 aromatic rings. The van der Waals surface area contributed by atoms with Gasteiger partial charge in [-0.05, 0) is 29.8 Å². The number of rotatable bonds is 8. The molecule has 0 fully saturated rings. The third-order valence-electron chi connectivity index (χ3n) is 4.12. The molecule has 2 N–H and O–H groups in total. The molecule has 1 amide bonds. The fraction of sp³-hybridized carbons (Fsp3) is 0.238. The van der Waals surface area contributed by atoms with E-state index in [0.717, 1.165) is 17.7 Å². The number of aliphatic hydroxyl groups excluding tert-OH is 1. The van der Waals surface area contributed by atoms with E-state index < -0.39 is 11.7 Å². The summed E-state index contributed by atoms with van der Waals surface area (Å²) in [5.41, 5.74) is 1.40. The minimum absolute atomic E-state index is 0.101. The second kappa shape index (κ2) is 9.73. The fourth-order valence-electron chi connectivity index (χ4n) is 2.61. The Hall–Kier alpha value is -2.91. The molecule has 0 atom stereocenters. The summed E-state index contributed by atoms with van der Waals surface area (Å²) in [6.07, 6.45) is -4.15. The Labute approximate surface area is 175 Å². The van der Waals surface area contributed by atoms with Crippen molar-refractivity contribution in [3.63, 3.8) is 0 Å². The maximum absolute atomic E-state index is 12.7. The van der Waals surface area contributed by atoms with Crippen LogP contribution in [0.1, 0.15) is 16.8 Å². The van der Waals surface area contributed by atoms with Gasteiger partial charge in [-0.25, -0.2) is 4.98 Å². The third kappa shape index (κ3) is 6.04. The summed E-state index contributed by atoms with van der Waals surface area (Å²) in [6, 6.07) is 11.9. The quantitative estimate of drug-likeness (QED) is 0.559. The van der Waals surface area contributed by atoms with E-state index in [2.05, 4.69) is 10.3 Å². The van der Waals surface area contributed by atoms with Gasteiger partial charge in [0.05, 0.1) is 24.3 Å². The minimum Gasteiger partial charge on any atom is -0.487 e. The summed E-state index contributed by atoms with van der Waals surface area (Å²) in [7, 11) is 0. The van der Waals surface area contributed by atoms with E-state index in [1.54, 1.807) is 29.6 Å². The number of hydrogen-bond acceptors (Lipinski definition) is 5. The Balaban J connectivity index is 1.54. The first-order valence-electron chi connectivity index (χ1n) is 9.06. The number of nitrogens with one attached hydrogen (secondary N) is 1. The van der Waals surface area contributed by atoms with Crippen LogP contribution in [0.5, 0.6) is 5.75 Å². The van der Waals surface area contributed by atoms with E-state index in [9.17, 15) is 18.0 Å². The standard InChI is InChI=1S/C21H19F3N2O3S/c22-21(23,24)16-5-3-15(4-6-16)20-26-17(13-30-20)12-29-18-7-1-14(2-8-18)11-19(28)25-9-10-27/h1-8,13,27H,9-12H2,(H,25,28). The average Bonchev–Trinajstić information content (AvgIpc) is 3.20. The molecule has 0 aliphatic heterocycles. The molecule has 0 saturated carbocycles. The lowest BCUT2D eigenvalue weighted by molar-refractivity contribution is -0.137. The number of amides is 1. The molecule has 0 bridgehead atoms. The first kappa shape index (κ1) is 21.8. The van der Waals surface area contributed by atoms with Crippen LogP contribution in [0.4, 0.5) is 13.2 Å². The molecule has 0 unspecified atom stereocenters. The molecule has 9 heteroatoms. The summed E-state index contributed by atoms with van der Waals surface area (Å²) in [5.74, 6) is 0.439. The molecule has 30 heavy (non-hydrogen) atoms. The summed E-state index contributed by atoms with van der Waals surface area (Å²) in [4.78, 5) is 16.0. The molecule has 0 aliphatic rings. The van der Waals surface area contributed by atoms with Crippen molar-refractivity contribution in [2.75, 3.05) is 13.2 Å². The number of nitrogens with zero attached hydrogens (tertiary/aromatic N) is 1. The van der Waals surface area contributed by atoms with Gasteiger partial charge in [0, 0.05) is 17.5 Å². The van der Waals surface area contributed by atoms with Crippen LogP contribution in [-0.2, 0) is 24.0 Å². The highest BCUT2D eigenvalue weighted by molar-refractivity contribution is 7.13. The number of aliphatic hydroxyl groups is 1. The van der Waals surface area contributed by atoms with Crippen LogP contribution >= 0.6 is 11.3 Å². The van der Waals surface area contributed by atoms with Gasteiger partial charge in [0.15, 0.2) is 0 Å². The van der Waals surface area contributed by atoms with Gasteiger partial charge in [-0.3, -0.25) is 4.79 Å². The molecule has 0 spiro atoms. The number of halogens is 3. The number of ether oxygens (including phenoxy) is 1. The van der Waals surface area contributed by atoms with Crippen LogP contribution in [0.25, 0.3) is 10.6 Å². The molecular formula is C21H19F3N2O3S. The van der Waals surface area contributed by atoms with Gasteiger partial charge in [0.25, 0.3) is 0 Å². The Morgan fingerprint density at radius 3 is 2.43 bits per heavy atom. The number of aromatic nitrogens is 1. The van der Waals surface area contributed by atoms with Crippen LogP contribution in [-0.4, -0.2) is 29.1 Å². The zero-order valence-electron chi connectivity index (χ0n) is 15.8. The second-order valence-corrected chi connectivity index (χ2v) is 7.26. The summed E-state index contributed by atoms with van der Waals surface area (Å²) in [6.45, 7) is 0.339. The van der Waals surface area contributed by atoms with Gasteiger partial charge in [0.1, 0.15) is 17.4 Å². The van der Waals surface area contributed by atoms with Crippen molar-refractivity contribution in [2.24, 2.45) is 0 Å². The highest BCUT2D eigenvalue weighted by atomic mass is 32.1. The molecule has 1 heterocycles. The van der Waals surface area contributed by atoms with Crippen molar-refractivity contribution in [1.82, 2.24) is 10.3 Å². The number of hydrogen-bond donors (Lipinski definition) is 2. The number of carbonyl (C=O) groups excluding carboxylic acids is 1. The summed E-state index contributed by atoms with van der Waals surface area (Å²) < 4.78 is 43.7. The van der Waals surface area contributed by atoms with E-state index in [4.69, 9.17) is 9.84 Å². The third-order valence-corrected chi connectivity index (χ3v) is 5.06. The Bertz CT molecular complexity index is 970. The predicted molar refractivity (Wildman–Crippen MR) is 107 cm³/mol. The van der Waals surface area contributed by atoms with E-state index >= 15 is 0 Å². The lowest BCUT2D eigenvalue weighted by Gasteiger charge is -2.07. The van der Waals surface area contributed by atoms with Crippen molar-refractivity contribution < 1.29 is 27.8 Å². The molecule has 158 valence electrons. The molecule has 0 radical (unpaired) electrons. The van der Waals surface area contributed by atoms with Crippen molar-refractivity contribution >= 4 is 17.2 Å². The zero-order chi connectivity index (χ0) is 21.6. The van der Waals surface area contributed by atoms with E-state index in [1.807, 2.05) is 0 Å². The highest BCUT2D eigenvalue weighted by Crippen LogP contribution is 2.31. The number of benzene rings is 2. The Kier molecular flexibility index (Phi) is 7.07. The van der Waals surface area contributed by atoms with Crippen molar-refractivity contribution in [3.8, 4) is 16.3 Å². The number of thiazole rings is 1. The Morgan fingerprint density at radius 1 is 1.10 bits per heavy atom. The zero-order valence-corrected chi connectivity index (χ0v) is 16.6. The summed E-state index contributed by atoms with van der Waals surface area (Å²) in [5, 5.41) is 13.7. The van der Waals surface area contributed by atoms with Crippen molar-refractivity contribution in [3.05, 3.63) is 70.7 Å². The minimum atomic E-state index is -4.36. The second-order valence-electron chi connectivity index (χ2n) is 6.40. The molecular weight excluding hydrogens is 417 g/mol. The van der Waals surface area contributed by atoms with Gasteiger partial charge in [-0.2, -0.15) is 13.2 Å². The van der Waals surface area contributed by atoms with E-state index in [0.29, 0.717) is 22.0 Å². The number of alkyl halides is 3. The summed E-state index contributed by atoms with van der Waals surface area (Å²) >= 11 is 1.33. The van der Waals surface area contributed by atoms with Gasteiger partial charge >= 0.3 is 6.18 Å². The van der Waals surface area contributed by atoms with Crippen molar-refractivity contribution in [2.45, 2.75) is 19.2 Å². The van der Waals surface area contributed by atoms with Crippen LogP contribution in [0.3, 0.4) is 0 Å². The fourth-order valence-corrected chi connectivity index (χ4v) is 3.42. The van der Waals surface area contributed by atoms with Gasteiger partial charge in [-0.1, -0.05) is 24.3 Å². The van der Waals surface area contributed by atoms with Crippen LogP contribution in [0.2, 0.25) is 0 Å². The monoisotopic (exact) mass is 436 g/mol.